The van der Waals surface area contributed by atoms with Crippen molar-refractivity contribution in [2.45, 2.75) is 13.5 Å². The highest BCUT2D eigenvalue weighted by molar-refractivity contribution is 5.93. The quantitative estimate of drug-likeness (QED) is 0.203. The van der Waals surface area contributed by atoms with Gasteiger partial charge in [0.25, 0.3) is 11.4 Å². The number of aromatic nitrogens is 4. The molecule has 3 aromatic heterocycles. The van der Waals surface area contributed by atoms with Crippen LogP contribution >= 0.6 is 0 Å². The Balaban J connectivity index is 1.29. The number of aryl methyl sites for hydroxylation is 3. The Bertz CT molecular complexity index is 1660. The number of hydrogen-bond acceptors (Lipinski definition) is 6. The highest BCUT2D eigenvalue weighted by Crippen LogP contribution is 2.34. The summed E-state index contributed by atoms with van der Waals surface area (Å²) in [6.07, 6.45) is 5.60. The van der Waals surface area contributed by atoms with Crippen molar-refractivity contribution in [1.29, 1.82) is 0 Å². The number of pyridine rings is 2. The van der Waals surface area contributed by atoms with Gasteiger partial charge in [-0.15, -0.1) is 0 Å². The van der Waals surface area contributed by atoms with E-state index in [-0.39, 0.29) is 5.82 Å². The molecule has 0 unspecified atom stereocenters. The summed E-state index contributed by atoms with van der Waals surface area (Å²) < 4.78 is 29.7. The lowest BCUT2D eigenvalue weighted by molar-refractivity contribution is -0.690. The van der Waals surface area contributed by atoms with Crippen molar-refractivity contribution in [2.24, 2.45) is 14.1 Å². The lowest BCUT2D eigenvalue weighted by Gasteiger charge is -2.14. The minimum atomic E-state index is -0.251. The van der Waals surface area contributed by atoms with E-state index in [0.717, 1.165) is 22.5 Å². The van der Waals surface area contributed by atoms with E-state index in [2.05, 4.69) is 80.5 Å². The number of rotatable bonds is 10. The van der Waals surface area contributed by atoms with E-state index in [1.807, 2.05) is 18.2 Å². The van der Waals surface area contributed by atoms with Crippen LogP contribution in [0.2, 0.25) is 0 Å². The Hall–Kier alpha value is -4.63. The number of halogens is 1. The van der Waals surface area contributed by atoms with E-state index in [9.17, 15) is 4.39 Å². The number of anilines is 2. The summed E-state index contributed by atoms with van der Waals surface area (Å²) in [5, 5.41) is 7.54. The maximum atomic E-state index is 13.7. The molecule has 0 saturated carbocycles. The molecule has 0 fully saturated rings. The van der Waals surface area contributed by atoms with Gasteiger partial charge < -0.3 is 20.1 Å². The second-order valence-corrected chi connectivity index (χ2v) is 9.55. The van der Waals surface area contributed by atoms with Gasteiger partial charge in [0.2, 0.25) is 0 Å². The first kappa shape index (κ1) is 27.0. The molecule has 2 N–H and O–H groups in total. The molecule has 3 heterocycles. The van der Waals surface area contributed by atoms with Crippen LogP contribution in [0.25, 0.3) is 22.3 Å². The largest absolute Gasteiger partial charge is 0.493 e. The zero-order valence-corrected chi connectivity index (χ0v) is 23.1. The van der Waals surface area contributed by atoms with Crippen molar-refractivity contribution in [1.82, 2.24) is 15.3 Å². The van der Waals surface area contributed by atoms with Crippen LogP contribution in [0, 0.1) is 12.7 Å². The second kappa shape index (κ2) is 12.0. The Morgan fingerprint density at radius 2 is 1.77 bits per heavy atom. The fourth-order valence-electron chi connectivity index (χ4n) is 4.68. The average Bonchev–Trinajstić information content (AvgIpc) is 2.95. The molecular weight excluding hydrogens is 507 g/mol. The van der Waals surface area contributed by atoms with Gasteiger partial charge in [0.1, 0.15) is 38.7 Å². The first-order valence-electron chi connectivity index (χ1n) is 13.1. The topological polar surface area (TPSA) is 76.1 Å². The molecule has 5 rings (SSSR count). The zero-order chi connectivity index (χ0) is 28.1. The number of methoxy groups -OCH3 is 1. The van der Waals surface area contributed by atoms with E-state index in [1.165, 1.54) is 18.0 Å². The Morgan fingerprint density at radius 3 is 2.58 bits per heavy atom. The summed E-state index contributed by atoms with van der Waals surface area (Å²) in [7, 11) is 5.72. The maximum Gasteiger partial charge on any atom is 0.281 e. The highest BCUT2D eigenvalue weighted by atomic mass is 19.1. The van der Waals surface area contributed by atoms with Gasteiger partial charge in [0.15, 0.2) is 23.9 Å². The van der Waals surface area contributed by atoms with Gasteiger partial charge in [-0.2, -0.15) is 9.13 Å². The van der Waals surface area contributed by atoms with E-state index in [4.69, 9.17) is 9.47 Å². The predicted octanol–water partition coefficient (Wildman–Crippen LogP) is 4.31. The highest BCUT2D eigenvalue weighted by Gasteiger charge is 2.23. The van der Waals surface area contributed by atoms with Gasteiger partial charge >= 0.3 is 0 Å². The third-order valence-corrected chi connectivity index (χ3v) is 6.75. The van der Waals surface area contributed by atoms with E-state index < -0.39 is 0 Å². The molecule has 5 aromatic rings. The molecule has 0 saturated heterocycles. The van der Waals surface area contributed by atoms with Gasteiger partial charge in [-0.05, 0) is 48.9 Å². The molecule has 204 valence electrons. The molecule has 0 amide bonds. The summed E-state index contributed by atoms with van der Waals surface area (Å²) in [6, 6.07) is 19.0. The Kier molecular flexibility index (Phi) is 8.12. The molecule has 0 spiro atoms. The second-order valence-electron chi connectivity index (χ2n) is 9.55. The lowest BCUT2D eigenvalue weighted by atomic mass is 10.1. The summed E-state index contributed by atoms with van der Waals surface area (Å²) >= 11 is 0. The molecule has 0 radical (unpaired) electrons. The van der Waals surface area contributed by atoms with Crippen molar-refractivity contribution in [3.05, 3.63) is 96.3 Å². The number of hydrogen-bond donors (Lipinski definition) is 2. The van der Waals surface area contributed by atoms with Gasteiger partial charge in [-0.1, -0.05) is 0 Å². The normalized spacial score (nSPS) is 11.0. The van der Waals surface area contributed by atoms with Crippen LogP contribution in [0.1, 0.15) is 11.1 Å². The lowest BCUT2D eigenvalue weighted by Crippen LogP contribution is -2.39. The minimum Gasteiger partial charge on any atom is -0.493 e. The van der Waals surface area contributed by atoms with Gasteiger partial charge in [-0.25, -0.2) is 14.4 Å². The average molecular weight is 541 g/mol. The molecule has 8 nitrogen and oxygen atoms in total. The first-order valence-corrected chi connectivity index (χ1v) is 13.1. The van der Waals surface area contributed by atoms with Crippen LogP contribution < -0.4 is 29.2 Å². The fraction of sp³-hybridized carbons (Fsp3) is 0.226. The minimum absolute atomic E-state index is 0.251. The SMILES string of the molecule is COc1cc2ncnc(Nc3ccc(F)c(C)c3)c2cc1OCCNCc1ccc[n+](C)c1-c1cccc[n+]1C. The monoisotopic (exact) mass is 540 g/mol. The predicted molar refractivity (Wildman–Crippen MR) is 152 cm³/mol. The molecule has 9 heteroatoms. The van der Waals surface area contributed by atoms with Crippen molar-refractivity contribution in [3.8, 4) is 22.9 Å². The fourth-order valence-corrected chi connectivity index (χ4v) is 4.68. The number of nitrogens with one attached hydrogen (secondary N) is 2. The van der Waals surface area contributed by atoms with Crippen LogP contribution in [-0.2, 0) is 20.6 Å². The van der Waals surface area contributed by atoms with Gasteiger partial charge in [0.05, 0.1) is 12.6 Å². The third kappa shape index (κ3) is 5.84. The third-order valence-electron chi connectivity index (χ3n) is 6.75. The summed E-state index contributed by atoms with van der Waals surface area (Å²) in [5.41, 5.74) is 5.49. The summed E-state index contributed by atoms with van der Waals surface area (Å²) in [6.45, 7) is 3.48. The summed E-state index contributed by atoms with van der Waals surface area (Å²) in [4.78, 5) is 8.80. The first-order chi connectivity index (χ1) is 19.4. The smallest absolute Gasteiger partial charge is 0.281 e. The molecule has 0 aliphatic carbocycles. The Morgan fingerprint density at radius 1 is 0.925 bits per heavy atom. The van der Waals surface area contributed by atoms with Crippen LogP contribution in [0.5, 0.6) is 11.5 Å². The molecule has 0 aliphatic heterocycles. The van der Waals surface area contributed by atoms with Crippen molar-refractivity contribution < 1.29 is 23.0 Å². The maximum absolute atomic E-state index is 13.7. The van der Waals surface area contributed by atoms with Crippen LogP contribution in [0.4, 0.5) is 15.9 Å². The molecule has 40 heavy (non-hydrogen) atoms. The van der Waals surface area contributed by atoms with Crippen LogP contribution in [0.15, 0.2) is 79.4 Å². The van der Waals surface area contributed by atoms with Gasteiger partial charge in [-0.3, -0.25) is 0 Å². The number of benzene rings is 2. The van der Waals surface area contributed by atoms with Crippen LogP contribution in [-0.4, -0.2) is 30.2 Å². The van der Waals surface area contributed by atoms with E-state index >= 15 is 0 Å². The molecule has 2 aromatic carbocycles. The van der Waals surface area contributed by atoms with Crippen molar-refractivity contribution in [3.63, 3.8) is 0 Å². The van der Waals surface area contributed by atoms with Crippen molar-refractivity contribution >= 4 is 22.4 Å². The molecule has 0 aliphatic rings. The van der Waals surface area contributed by atoms with E-state index in [1.54, 1.807) is 26.2 Å². The van der Waals surface area contributed by atoms with Crippen LogP contribution in [0.3, 0.4) is 0 Å². The molecule has 0 bridgehead atoms. The number of ether oxygens (including phenoxy) is 2. The van der Waals surface area contributed by atoms with Gasteiger partial charge in [0, 0.05) is 54.0 Å². The van der Waals surface area contributed by atoms with E-state index in [0.29, 0.717) is 48.1 Å². The number of fused-ring (bicyclic) bond motifs is 1. The van der Waals surface area contributed by atoms with Crippen molar-refractivity contribution in [2.75, 3.05) is 25.6 Å². The number of nitrogens with zero attached hydrogens (tertiary/aromatic N) is 4. The standard InChI is InChI=1S/C31H33FN6O2/c1-21-16-23(10-11-25(21)32)36-31-24-17-29(28(39-4)18-26(24)34-20-35-31)40-15-12-33-19-22-8-7-14-38(3)30(22)27-9-5-6-13-37(27)2/h5-11,13-14,16-18,20,33H,12,15,19H2,1-4H3,(H,34,35,36)/q+2. The molecular formula is C31H33FN6O2+2. The molecule has 0 atom stereocenters. The Labute approximate surface area is 233 Å². The zero-order valence-electron chi connectivity index (χ0n) is 23.1. The summed E-state index contributed by atoms with van der Waals surface area (Å²) in [5.74, 6) is 1.52.